The Hall–Kier alpha value is -7.44. The third-order valence-electron chi connectivity index (χ3n) is 15.3. The van der Waals surface area contributed by atoms with Gasteiger partial charge in [0.05, 0.1) is 85.0 Å². The molecule has 10 rings (SSSR count). The SMILES string of the molecule is COCCN1CCC(c2cc(OC(C)C)c(Nc3nc(Nc4ccccc4S(=O)(=O)C(C)C)c4cn[nH]c4n3)cc2C)CC1.Cc1ccc(S(=O)(=O)C(C)C)c(Nc2nc(Nc3cc(C)c(C4CCCNC4)cc3OC(C)C)nc3[nH]ncc23)c1. The van der Waals surface area contributed by atoms with Crippen molar-refractivity contribution in [1.29, 1.82) is 0 Å². The van der Waals surface area contributed by atoms with Crippen LogP contribution >= 0.6 is 0 Å². The zero-order valence-corrected chi connectivity index (χ0v) is 52.5. The van der Waals surface area contributed by atoms with Crippen LogP contribution in [-0.4, -0.2) is 131 Å². The number of benzene rings is 4. The fraction of sp³-hybridized carbons (Fsp3) is 0.452. The molecule has 0 radical (unpaired) electrons. The molecule has 21 nitrogen and oxygen atoms in total. The largest absolute Gasteiger partial charge is 0.489 e. The molecule has 4 aromatic heterocycles. The Labute approximate surface area is 499 Å². The lowest BCUT2D eigenvalue weighted by Crippen LogP contribution is -2.35. The van der Waals surface area contributed by atoms with Crippen LogP contribution in [0.15, 0.2) is 88.9 Å². The van der Waals surface area contributed by atoms with Crippen molar-refractivity contribution in [2.24, 2.45) is 0 Å². The number of aromatic nitrogens is 8. The molecule has 2 saturated heterocycles. The van der Waals surface area contributed by atoms with E-state index in [0.29, 0.717) is 68.8 Å². The molecule has 4 aromatic carbocycles. The summed E-state index contributed by atoms with van der Waals surface area (Å²) in [5, 5.41) is 31.0. The first-order valence-corrected chi connectivity index (χ1v) is 32.4. The highest BCUT2D eigenvalue weighted by Gasteiger charge is 2.28. The first-order valence-electron chi connectivity index (χ1n) is 29.3. The van der Waals surface area contributed by atoms with Crippen molar-refractivity contribution in [3.05, 3.63) is 107 Å². The minimum Gasteiger partial charge on any atom is -0.489 e. The number of hydrogen-bond donors (Lipinski definition) is 7. The number of rotatable bonds is 21. The molecule has 2 aliphatic heterocycles. The van der Waals surface area contributed by atoms with Gasteiger partial charge in [0, 0.05) is 20.2 Å². The Kier molecular flexibility index (Phi) is 19.6. The maximum atomic E-state index is 13.2. The molecule has 0 aliphatic carbocycles. The van der Waals surface area contributed by atoms with Gasteiger partial charge in [0.15, 0.2) is 31.0 Å². The standard InChI is InChI=1S/C32H43N7O4S.C30H39N7O3S/c1-20(2)43-28-18-24(23-11-13-39(14-12-23)15-16-42-6)22(5)17-27(28)35-32-36-30(25-19-33-38-31(25)37-32)34-26-9-7-8-10-29(26)44(40,41)21(3)4;1-17(2)40-26-14-22(21-8-7-11-31-15-21)20(6)13-24(26)34-30-35-28(23-16-32-37-29(23)36-30)33-25-12-19(5)9-10-27(25)41(38,39)18(3)4/h7-10,17-21,23H,11-16H2,1-6H3,(H3,33,34,35,36,37,38);9-10,12-14,16-18,21,31H,7-8,11,15H2,1-6H3,(H3,32,33,34,35,36,37). The van der Waals surface area contributed by atoms with Gasteiger partial charge in [0.1, 0.15) is 23.1 Å². The number of fused-ring (bicyclic) bond motifs is 2. The van der Waals surface area contributed by atoms with E-state index in [4.69, 9.17) is 24.2 Å². The molecule has 0 amide bonds. The molecular formula is C62H82N14O7S2. The second-order valence-electron chi connectivity index (χ2n) is 23.1. The molecule has 1 unspecified atom stereocenters. The van der Waals surface area contributed by atoms with E-state index in [2.05, 4.69) is 100.0 Å². The van der Waals surface area contributed by atoms with E-state index >= 15 is 0 Å². The minimum atomic E-state index is -3.54. The molecule has 0 spiro atoms. The number of H-pyrrole nitrogens is 2. The molecule has 0 bridgehead atoms. The van der Waals surface area contributed by atoms with Crippen LogP contribution in [0.5, 0.6) is 11.5 Å². The third kappa shape index (κ3) is 14.6. The first-order chi connectivity index (χ1) is 40.6. The van der Waals surface area contributed by atoms with Crippen molar-refractivity contribution < 1.29 is 31.0 Å². The molecule has 8 aromatic rings. The van der Waals surface area contributed by atoms with Crippen molar-refractivity contribution in [3.8, 4) is 11.5 Å². The topological polar surface area (TPSA) is 268 Å². The van der Waals surface area contributed by atoms with E-state index in [9.17, 15) is 16.8 Å². The lowest BCUT2D eigenvalue weighted by atomic mass is 9.86. The Balaban J connectivity index is 0.000000204. The van der Waals surface area contributed by atoms with Crippen LogP contribution in [0.4, 0.5) is 46.3 Å². The number of likely N-dealkylation sites (tertiary alicyclic amines) is 1. The molecule has 1 atom stereocenters. The van der Waals surface area contributed by atoms with Gasteiger partial charge in [0.25, 0.3) is 0 Å². The smallest absolute Gasteiger partial charge is 0.231 e. The number of nitrogens with zero attached hydrogens (tertiary/aromatic N) is 7. The predicted molar refractivity (Wildman–Crippen MR) is 338 cm³/mol. The van der Waals surface area contributed by atoms with Gasteiger partial charge in [-0.1, -0.05) is 18.2 Å². The molecular weight excluding hydrogens is 1120 g/mol. The van der Waals surface area contributed by atoms with Gasteiger partial charge in [-0.15, -0.1) is 0 Å². The Morgan fingerprint density at radius 1 is 0.600 bits per heavy atom. The third-order valence-corrected chi connectivity index (χ3v) is 19.8. The van der Waals surface area contributed by atoms with Crippen LogP contribution in [-0.2, 0) is 24.4 Å². The van der Waals surface area contributed by atoms with Gasteiger partial charge < -0.3 is 45.7 Å². The highest BCUT2D eigenvalue weighted by molar-refractivity contribution is 7.92. The van der Waals surface area contributed by atoms with E-state index in [1.54, 1.807) is 83.6 Å². The van der Waals surface area contributed by atoms with Crippen molar-refractivity contribution in [2.75, 3.05) is 67.7 Å². The Morgan fingerprint density at radius 2 is 1.12 bits per heavy atom. The quantitative estimate of drug-likeness (QED) is 0.0352. The summed E-state index contributed by atoms with van der Waals surface area (Å²) in [7, 11) is -5.34. The summed E-state index contributed by atoms with van der Waals surface area (Å²) in [6, 6.07) is 20.6. The average molecular weight is 1200 g/mol. The van der Waals surface area contributed by atoms with E-state index in [1.165, 1.54) is 22.3 Å². The van der Waals surface area contributed by atoms with Gasteiger partial charge in [-0.2, -0.15) is 30.1 Å². The zero-order chi connectivity index (χ0) is 60.7. The summed E-state index contributed by atoms with van der Waals surface area (Å²) in [4.78, 5) is 21.7. The molecule has 23 heteroatoms. The Morgan fingerprint density at radius 3 is 1.62 bits per heavy atom. The summed E-state index contributed by atoms with van der Waals surface area (Å²) in [5.74, 6) is 3.87. The Bertz CT molecular complexity index is 3850. The number of piperidine rings is 2. The van der Waals surface area contributed by atoms with Crippen LogP contribution in [0.2, 0.25) is 0 Å². The van der Waals surface area contributed by atoms with Crippen LogP contribution in [0.1, 0.15) is 121 Å². The molecule has 2 fully saturated rings. The second-order valence-corrected chi connectivity index (χ2v) is 28.1. The molecule has 454 valence electrons. The van der Waals surface area contributed by atoms with Gasteiger partial charge in [-0.3, -0.25) is 10.2 Å². The van der Waals surface area contributed by atoms with Crippen molar-refractivity contribution in [2.45, 2.75) is 146 Å². The molecule has 85 heavy (non-hydrogen) atoms. The van der Waals surface area contributed by atoms with Crippen molar-refractivity contribution in [1.82, 2.24) is 50.5 Å². The van der Waals surface area contributed by atoms with Crippen LogP contribution in [0.25, 0.3) is 22.1 Å². The predicted octanol–water partition coefficient (Wildman–Crippen LogP) is 11.8. The summed E-state index contributed by atoms with van der Waals surface area (Å²) in [6.45, 7) is 26.7. The number of hydrogen-bond acceptors (Lipinski definition) is 19. The molecule has 7 N–H and O–H groups in total. The van der Waals surface area contributed by atoms with Gasteiger partial charge >= 0.3 is 0 Å². The van der Waals surface area contributed by atoms with Crippen molar-refractivity contribution >= 4 is 88.0 Å². The molecule has 2 aliphatic rings. The normalized spacial score (nSPS) is 15.4. The number of sulfone groups is 2. The first kappa shape index (κ1) is 62.1. The molecule has 6 heterocycles. The number of ether oxygens (including phenoxy) is 3. The van der Waals surface area contributed by atoms with Gasteiger partial charge in [0.2, 0.25) is 11.9 Å². The van der Waals surface area contributed by atoms with E-state index < -0.39 is 30.2 Å². The number of anilines is 8. The number of aromatic amines is 2. The van der Waals surface area contributed by atoms with Crippen LogP contribution in [0, 0.1) is 20.8 Å². The average Bonchev–Trinajstić information content (AvgIpc) is 3.29. The fourth-order valence-electron chi connectivity index (χ4n) is 10.8. The highest BCUT2D eigenvalue weighted by Crippen LogP contribution is 2.41. The summed E-state index contributed by atoms with van der Waals surface area (Å²) >= 11 is 0. The summed E-state index contributed by atoms with van der Waals surface area (Å²) in [5.41, 5.74) is 9.27. The number of nitrogens with one attached hydrogen (secondary N) is 7. The maximum absolute atomic E-state index is 13.2. The zero-order valence-electron chi connectivity index (χ0n) is 50.8. The minimum absolute atomic E-state index is 0.0218. The highest BCUT2D eigenvalue weighted by atomic mass is 32.2. The number of aryl methyl sites for hydroxylation is 3. The van der Waals surface area contributed by atoms with Crippen LogP contribution < -0.4 is 36.1 Å². The maximum Gasteiger partial charge on any atom is 0.231 e. The molecule has 0 saturated carbocycles. The van der Waals surface area contributed by atoms with Crippen LogP contribution in [0.3, 0.4) is 0 Å². The second kappa shape index (κ2) is 26.9. The van der Waals surface area contributed by atoms with E-state index in [-0.39, 0.29) is 22.0 Å². The van der Waals surface area contributed by atoms with E-state index in [0.717, 1.165) is 93.5 Å². The van der Waals surface area contributed by atoms with Gasteiger partial charge in [-0.25, -0.2) is 16.8 Å². The monoisotopic (exact) mass is 1200 g/mol. The fourth-order valence-corrected chi connectivity index (χ4v) is 13.2. The van der Waals surface area contributed by atoms with Gasteiger partial charge in [-0.05, 0) is 210 Å². The number of methoxy groups -OCH3 is 1. The lowest BCUT2D eigenvalue weighted by Gasteiger charge is -2.33. The summed E-state index contributed by atoms with van der Waals surface area (Å²) < 4.78 is 70.3. The van der Waals surface area contributed by atoms with Crippen molar-refractivity contribution in [3.63, 3.8) is 0 Å². The van der Waals surface area contributed by atoms with E-state index in [1.807, 2.05) is 40.7 Å². The lowest BCUT2D eigenvalue weighted by molar-refractivity contribution is 0.130. The summed E-state index contributed by atoms with van der Waals surface area (Å²) in [6.07, 6.45) is 7.65. The number of para-hydroxylation sites is 1.